The number of carbonyl (C=O) groups excluding carboxylic acids is 1. The molecule has 0 unspecified atom stereocenters. The Morgan fingerprint density at radius 3 is 2.35 bits per heavy atom. The number of carboxylic acid groups (broad SMARTS) is 1. The normalized spacial score (nSPS) is 9.96. The Bertz CT molecular complexity index is 742. The average molecular weight is 328 g/mol. The zero-order chi connectivity index (χ0) is 16.8. The van der Waals surface area contributed by atoms with E-state index in [9.17, 15) is 9.59 Å². The van der Waals surface area contributed by atoms with Gasteiger partial charge in [-0.25, -0.2) is 4.79 Å². The molecule has 2 rings (SSSR count). The number of nitrogens with one attached hydrogen (secondary N) is 2. The first-order valence-corrected chi connectivity index (χ1v) is 7.35. The molecule has 1 amide bonds. The zero-order valence-electron chi connectivity index (χ0n) is 12.5. The van der Waals surface area contributed by atoms with E-state index in [0.29, 0.717) is 12.1 Å². The molecule has 23 heavy (non-hydrogen) atoms. The molecule has 6 heteroatoms. The van der Waals surface area contributed by atoms with E-state index in [1.54, 1.807) is 24.3 Å². The van der Waals surface area contributed by atoms with Crippen molar-refractivity contribution in [3.8, 4) is 0 Å². The van der Waals surface area contributed by atoms with Crippen molar-refractivity contribution in [3.05, 3.63) is 70.8 Å². The smallest absolute Gasteiger partial charge is 0.335 e. The summed E-state index contributed by atoms with van der Waals surface area (Å²) in [4.78, 5) is 22.9. The van der Waals surface area contributed by atoms with Gasteiger partial charge < -0.3 is 10.4 Å². The second-order valence-corrected chi connectivity index (χ2v) is 5.36. The number of hydrogen-bond acceptors (Lipinski definition) is 3. The van der Waals surface area contributed by atoms with Crippen LogP contribution in [-0.2, 0) is 6.54 Å². The van der Waals surface area contributed by atoms with Crippen molar-refractivity contribution in [3.63, 3.8) is 0 Å². The van der Waals surface area contributed by atoms with E-state index in [1.807, 2.05) is 19.1 Å². The van der Waals surface area contributed by atoms with Gasteiger partial charge in [-0.15, -0.1) is 0 Å². The van der Waals surface area contributed by atoms with Gasteiger partial charge in [0.25, 0.3) is 5.91 Å². The van der Waals surface area contributed by atoms with Crippen molar-refractivity contribution < 1.29 is 14.7 Å². The summed E-state index contributed by atoms with van der Waals surface area (Å²) < 4.78 is 0. The molecule has 0 aliphatic rings. The summed E-state index contributed by atoms with van der Waals surface area (Å²) in [7, 11) is 0. The number of carbonyl (C=O) groups is 2. The van der Waals surface area contributed by atoms with Crippen molar-refractivity contribution in [2.45, 2.75) is 13.5 Å². The van der Waals surface area contributed by atoms with Crippen LogP contribution in [0.15, 0.2) is 48.5 Å². The summed E-state index contributed by atoms with van der Waals surface area (Å²) in [5.74, 6) is -1.23. The summed E-state index contributed by atoms with van der Waals surface area (Å²) in [5, 5.41) is 14.6. The van der Waals surface area contributed by atoms with Crippen LogP contribution in [-0.4, -0.2) is 22.1 Å². The van der Waals surface area contributed by atoms with E-state index in [2.05, 4.69) is 10.6 Å². The van der Waals surface area contributed by atoms with Crippen LogP contribution in [0, 0.1) is 6.92 Å². The van der Waals surface area contributed by atoms with Gasteiger partial charge in [-0.1, -0.05) is 30.3 Å². The molecule has 0 aliphatic heterocycles. The lowest BCUT2D eigenvalue weighted by Crippen LogP contribution is -2.39. The van der Waals surface area contributed by atoms with E-state index in [1.165, 1.54) is 12.1 Å². The van der Waals surface area contributed by atoms with Crippen LogP contribution in [0.1, 0.15) is 31.8 Å². The summed E-state index contributed by atoms with van der Waals surface area (Å²) in [6, 6.07) is 13.7. The van der Waals surface area contributed by atoms with Crippen LogP contribution < -0.4 is 10.6 Å². The van der Waals surface area contributed by atoms with Crippen LogP contribution >= 0.6 is 12.2 Å². The number of thiocarbonyl (C=S) groups is 1. The predicted molar refractivity (Wildman–Crippen MR) is 91.5 cm³/mol. The highest BCUT2D eigenvalue weighted by molar-refractivity contribution is 7.80. The standard InChI is InChI=1S/C17H16N2O3S/c1-11-4-2-3-5-14(11)15(20)19-17(23)18-10-12-6-8-13(9-7-12)16(21)22/h2-9H,10H2,1H3,(H,21,22)(H2,18,19,20,23). The third kappa shape index (κ3) is 4.62. The van der Waals surface area contributed by atoms with Gasteiger partial charge in [0.2, 0.25) is 0 Å². The van der Waals surface area contributed by atoms with E-state index in [4.69, 9.17) is 17.3 Å². The lowest BCUT2D eigenvalue weighted by molar-refractivity contribution is 0.0696. The SMILES string of the molecule is Cc1ccccc1C(=O)NC(=S)NCc1ccc(C(=O)O)cc1. The highest BCUT2D eigenvalue weighted by atomic mass is 32.1. The van der Waals surface area contributed by atoms with Gasteiger partial charge in [0.05, 0.1) is 5.56 Å². The quantitative estimate of drug-likeness (QED) is 0.752. The minimum atomic E-state index is -0.967. The monoisotopic (exact) mass is 328 g/mol. The summed E-state index contributed by atoms with van der Waals surface area (Å²) >= 11 is 5.10. The van der Waals surface area contributed by atoms with Gasteiger partial charge in [-0.3, -0.25) is 10.1 Å². The number of hydrogen-bond donors (Lipinski definition) is 3. The second-order valence-electron chi connectivity index (χ2n) is 4.95. The molecule has 2 aromatic carbocycles. The van der Waals surface area contributed by atoms with Crippen LogP contribution in [0.2, 0.25) is 0 Å². The Morgan fingerprint density at radius 1 is 1.09 bits per heavy atom. The molecule has 0 heterocycles. The lowest BCUT2D eigenvalue weighted by Gasteiger charge is -2.11. The molecule has 0 atom stereocenters. The molecular formula is C17H16N2O3S. The lowest BCUT2D eigenvalue weighted by atomic mass is 10.1. The maximum absolute atomic E-state index is 12.1. The molecular weight excluding hydrogens is 312 g/mol. The fourth-order valence-corrected chi connectivity index (χ4v) is 2.15. The summed E-state index contributed by atoms with van der Waals surface area (Å²) in [6.45, 7) is 2.25. The van der Waals surface area contributed by atoms with E-state index in [0.717, 1.165) is 11.1 Å². The molecule has 0 aromatic heterocycles. The van der Waals surface area contributed by atoms with Gasteiger partial charge in [-0.2, -0.15) is 0 Å². The zero-order valence-corrected chi connectivity index (χ0v) is 13.3. The number of benzene rings is 2. The largest absolute Gasteiger partial charge is 0.478 e. The maximum Gasteiger partial charge on any atom is 0.335 e. The van der Waals surface area contributed by atoms with Crippen LogP contribution in [0.4, 0.5) is 0 Å². The Kier molecular flexibility index (Phi) is 5.43. The molecule has 0 saturated carbocycles. The molecule has 0 bridgehead atoms. The Balaban J connectivity index is 1.89. The maximum atomic E-state index is 12.1. The average Bonchev–Trinajstić information content (AvgIpc) is 2.53. The number of rotatable bonds is 4. The highest BCUT2D eigenvalue weighted by Gasteiger charge is 2.09. The van der Waals surface area contributed by atoms with Crippen molar-refractivity contribution in [1.82, 2.24) is 10.6 Å². The van der Waals surface area contributed by atoms with Crippen LogP contribution in [0.25, 0.3) is 0 Å². The topological polar surface area (TPSA) is 78.4 Å². The first-order chi connectivity index (χ1) is 11.0. The third-order valence-electron chi connectivity index (χ3n) is 3.27. The van der Waals surface area contributed by atoms with E-state index in [-0.39, 0.29) is 16.6 Å². The highest BCUT2D eigenvalue weighted by Crippen LogP contribution is 2.07. The number of amides is 1. The van der Waals surface area contributed by atoms with Crippen molar-refractivity contribution in [1.29, 1.82) is 0 Å². The minimum absolute atomic E-state index is 0.223. The summed E-state index contributed by atoms with van der Waals surface area (Å²) in [6.07, 6.45) is 0. The molecule has 0 fully saturated rings. The molecule has 0 spiro atoms. The fraction of sp³-hybridized carbons (Fsp3) is 0.118. The Hall–Kier alpha value is -2.73. The number of aryl methyl sites for hydroxylation is 1. The van der Waals surface area contributed by atoms with Crippen LogP contribution in [0.3, 0.4) is 0 Å². The fourth-order valence-electron chi connectivity index (χ4n) is 1.99. The van der Waals surface area contributed by atoms with Crippen LogP contribution in [0.5, 0.6) is 0 Å². The molecule has 2 aromatic rings. The van der Waals surface area contributed by atoms with Gasteiger partial charge >= 0.3 is 5.97 Å². The van der Waals surface area contributed by atoms with E-state index < -0.39 is 5.97 Å². The Labute approximate surface area is 139 Å². The molecule has 0 radical (unpaired) electrons. The molecule has 0 aliphatic carbocycles. The Morgan fingerprint density at radius 2 is 1.74 bits per heavy atom. The van der Waals surface area contributed by atoms with Gasteiger partial charge in [0.15, 0.2) is 5.11 Å². The van der Waals surface area contributed by atoms with Crippen molar-refractivity contribution in [2.75, 3.05) is 0 Å². The first kappa shape index (κ1) is 16.6. The molecule has 5 nitrogen and oxygen atoms in total. The van der Waals surface area contributed by atoms with E-state index >= 15 is 0 Å². The van der Waals surface area contributed by atoms with Crippen molar-refractivity contribution in [2.24, 2.45) is 0 Å². The third-order valence-corrected chi connectivity index (χ3v) is 3.52. The molecule has 118 valence electrons. The van der Waals surface area contributed by atoms with Crippen molar-refractivity contribution >= 4 is 29.2 Å². The minimum Gasteiger partial charge on any atom is -0.478 e. The number of aromatic carboxylic acids is 1. The first-order valence-electron chi connectivity index (χ1n) is 6.94. The predicted octanol–water partition coefficient (Wildman–Crippen LogP) is 2.50. The summed E-state index contributed by atoms with van der Waals surface area (Å²) in [5.41, 5.74) is 2.53. The van der Waals surface area contributed by atoms with Gasteiger partial charge in [0, 0.05) is 12.1 Å². The molecule has 0 saturated heterocycles. The van der Waals surface area contributed by atoms with Gasteiger partial charge in [-0.05, 0) is 48.5 Å². The molecule has 3 N–H and O–H groups in total. The van der Waals surface area contributed by atoms with Gasteiger partial charge in [0.1, 0.15) is 0 Å². The number of carboxylic acids is 1. The second kappa shape index (κ2) is 7.51.